The smallest absolute Gasteiger partial charge is 0.258 e. The second-order valence-corrected chi connectivity index (χ2v) is 4.53. The van der Waals surface area contributed by atoms with Crippen LogP contribution < -0.4 is 15.0 Å². The predicted octanol–water partition coefficient (Wildman–Crippen LogP) is 2.93. The van der Waals surface area contributed by atoms with Crippen molar-refractivity contribution in [2.24, 2.45) is 0 Å². The standard InChI is InChI=1S/C16H14N2O3.ClH/c1-20-14-7-12-13(17-10-18-16(12)19)8-15(14)21-9-11-5-3-2-4-6-11;/h2-8,10H,9H2,1H3,(H,17,18,19);1H. The number of nitrogens with one attached hydrogen (secondary N) is 1. The number of fused-ring (bicyclic) bond motifs is 1. The molecule has 0 aliphatic carbocycles. The van der Waals surface area contributed by atoms with Crippen LogP contribution in [-0.2, 0) is 6.61 Å². The Morgan fingerprint density at radius 2 is 1.91 bits per heavy atom. The Labute approximate surface area is 133 Å². The van der Waals surface area contributed by atoms with Gasteiger partial charge in [0.15, 0.2) is 11.5 Å². The van der Waals surface area contributed by atoms with E-state index >= 15 is 0 Å². The lowest BCUT2D eigenvalue weighted by atomic mass is 10.2. The molecule has 1 aromatic heterocycles. The molecule has 0 unspecified atom stereocenters. The molecule has 0 spiro atoms. The van der Waals surface area contributed by atoms with Gasteiger partial charge < -0.3 is 14.5 Å². The van der Waals surface area contributed by atoms with Crippen LogP contribution in [0.3, 0.4) is 0 Å². The number of methoxy groups -OCH3 is 1. The SMILES string of the molecule is COc1cc2c(=O)[nH]cnc2cc1OCc1ccccc1.Cl. The van der Waals surface area contributed by atoms with Gasteiger partial charge >= 0.3 is 0 Å². The van der Waals surface area contributed by atoms with Gasteiger partial charge in [0.2, 0.25) is 0 Å². The average molecular weight is 319 g/mol. The van der Waals surface area contributed by atoms with Crippen molar-refractivity contribution in [2.75, 3.05) is 7.11 Å². The van der Waals surface area contributed by atoms with Crippen LogP contribution in [0.4, 0.5) is 0 Å². The van der Waals surface area contributed by atoms with Gasteiger partial charge in [0.25, 0.3) is 5.56 Å². The van der Waals surface area contributed by atoms with E-state index in [-0.39, 0.29) is 18.0 Å². The number of halogens is 1. The minimum atomic E-state index is -0.201. The van der Waals surface area contributed by atoms with E-state index in [0.717, 1.165) is 5.56 Å². The summed E-state index contributed by atoms with van der Waals surface area (Å²) in [7, 11) is 1.54. The molecule has 0 fully saturated rings. The third-order valence-electron chi connectivity index (χ3n) is 3.16. The predicted molar refractivity (Wildman–Crippen MR) is 86.9 cm³/mol. The van der Waals surface area contributed by atoms with Gasteiger partial charge in [-0.15, -0.1) is 12.4 Å². The van der Waals surface area contributed by atoms with E-state index in [2.05, 4.69) is 9.97 Å². The fraction of sp³-hybridized carbons (Fsp3) is 0.125. The van der Waals surface area contributed by atoms with Crippen LogP contribution in [0.15, 0.2) is 53.6 Å². The first kappa shape index (κ1) is 15.9. The molecule has 0 bridgehead atoms. The highest BCUT2D eigenvalue weighted by Crippen LogP contribution is 2.30. The van der Waals surface area contributed by atoms with Gasteiger partial charge in [0, 0.05) is 6.07 Å². The van der Waals surface area contributed by atoms with Crippen molar-refractivity contribution >= 4 is 23.3 Å². The molecule has 0 radical (unpaired) electrons. The molecule has 22 heavy (non-hydrogen) atoms. The average Bonchev–Trinajstić information content (AvgIpc) is 2.53. The molecule has 0 atom stereocenters. The summed E-state index contributed by atoms with van der Waals surface area (Å²) in [6, 6.07) is 13.2. The van der Waals surface area contributed by atoms with Crippen molar-refractivity contribution in [1.29, 1.82) is 0 Å². The Bertz CT molecular complexity index is 818. The quantitative estimate of drug-likeness (QED) is 0.803. The summed E-state index contributed by atoms with van der Waals surface area (Å²) in [5.74, 6) is 1.07. The fourth-order valence-corrected chi connectivity index (χ4v) is 2.08. The first-order valence-electron chi connectivity index (χ1n) is 6.50. The van der Waals surface area contributed by atoms with E-state index in [1.54, 1.807) is 19.2 Å². The number of H-pyrrole nitrogens is 1. The van der Waals surface area contributed by atoms with Crippen LogP contribution in [0.1, 0.15) is 5.56 Å². The molecule has 1 heterocycles. The minimum Gasteiger partial charge on any atom is -0.493 e. The normalized spacial score (nSPS) is 10.0. The number of aromatic amines is 1. The summed E-state index contributed by atoms with van der Waals surface area (Å²) < 4.78 is 11.1. The molecule has 114 valence electrons. The van der Waals surface area contributed by atoms with Gasteiger partial charge in [-0.25, -0.2) is 4.98 Å². The molecule has 0 amide bonds. The zero-order valence-electron chi connectivity index (χ0n) is 11.9. The van der Waals surface area contributed by atoms with Gasteiger partial charge in [-0.3, -0.25) is 4.79 Å². The number of aromatic nitrogens is 2. The number of hydrogen-bond acceptors (Lipinski definition) is 4. The van der Waals surface area contributed by atoms with Crippen LogP contribution >= 0.6 is 12.4 Å². The van der Waals surface area contributed by atoms with Gasteiger partial charge in [0.05, 0.1) is 24.3 Å². The molecule has 0 saturated heterocycles. The first-order chi connectivity index (χ1) is 10.3. The van der Waals surface area contributed by atoms with Crippen molar-refractivity contribution in [3.05, 3.63) is 64.7 Å². The summed E-state index contributed by atoms with van der Waals surface area (Å²) >= 11 is 0. The van der Waals surface area contributed by atoms with Crippen molar-refractivity contribution in [1.82, 2.24) is 9.97 Å². The highest BCUT2D eigenvalue weighted by atomic mass is 35.5. The van der Waals surface area contributed by atoms with E-state index in [1.165, 1.54) is 6.33 Å². The highest BCUT2D eigenvalue weighted by molar-refractivity contribution is 5.85. The number of hydrogen-bond donors (Lipinski definition) is 1. The summed E-state index contributed by atoms with van der Waals surface area (Å²) in [5, 5.41) is 0.474. The number of ether oxygens (including phenoxy) is 2. The van der Waals surface area contributed by atoms with Crippen molar-refractivity contribution in [3.8, 4) is 11.5 Å². The van der Waals surface area contributed by atoms with Crippen LogP contribution in [0, 0.1) is 0 Å². The van der Waals surface area contributed by atoms with Crippen LogP contribution in [-0.4, -0.2) is 17.1 Å². The van der Waals surface area contributed by atoms with Crippen LogP contribution in [0.25, 0.3) is 10.9 Å². The largest absolute Gasteiger partial charge is 0.493 e. The Balaban J connectivity index is 0.00000176. The van der Waals surface area contributed by atoms with E-state index in [1.807, 2.05) is 30.3 Å². The van der Waals surface area contributed by atoms with E-state index in [4.69, 9.17) is 9.47 Å². The molecule has 5 nitrogen and oxygen atoms in total. The summed E-state index contributed by atoms with van der Waals surface area (Å²) in [4.78, 5) is 18.4. The van der Waals surface area contributed by atoms with E-state index < -0.39 is 0 Å². The fourth-order valence-electron chi connectivity index (χ4n) is 2.08. The van der Waals surface area contributed by atoms with Crippen molar-refractivity contribution in [2.45, 2.75) is 6.61 Å². The Morgan fingerprint density at radius 1 is 1.14 bits per heavy atom. The van der Waals surface area contributed by atoms with Crippen molar-refractivity contribution in [3.63, 3.8) is 0 Å². The van der Waals surface area contributed by atoms with Crippen LogP contribution in [0.2, 0.25) is 0 Å². The van der Waals surface area contributed by atoms with Crippen LogP contribution in [0.5, 0.6) is 11.5 Å². The zero-order valence-corrected chi connectivity index (χ0v) is 12.7. The first-order valence-corrected chi connectivity index (χ1v) is 6.50. The molecule has 0 saturated carbocycles. The Morgan fingerprint density at radius 3 is 2.64 bits per heavy atom. The lowest BCUT2D eigenvalue weighted by molar-refractivity contribution is 0.285. The lowest BCUT2D eigenvalue weighted by Crippen LogP contribution is -2.07. The minimum absolute atomic E-state index is 0. The van der Waals surface area contributed by atoms with Gasteiger partial charge in [0.1, 0.15) is 6.61 Å². The van der Waals surface area contributed by atoms with Gasteiger partial charge in [-0.05, 0) is 11.6 Å². The number of rotatable bonds is 4. The molecule has 3 aromatic rings. The molecule has 1 N–H and O–H groups in total. The molecule has 0 aliphatic rings. The maximum atomic E-state index is 11.7. The third kappa shape index (κ3) is 3.20. The molecule has 0 aliphatic heterocycles. The van der Waals surface area contributed by atoms with Gasteiger partial charge in [-0.2, -0.15) is 0 Å². The molecule has 3 rings (SSSR count). The second kappa shape index (κ2) is 6.95. The topological polar surface area (TPSA) is 64.2 Å². The van der Waals surface area contributed by atoms with Gasteiger partial charge in [-0.1, -0.05) is 30.3 Å². The maximum absolute atomic E-state index is 11.7. The third-order valence-corrected chi connectivity index (χ3v) is 3.16. The zero-order chi connectivity index (χ0) is 14.7. The second-order valence-electron chi connectivity index (χ2n) is 4.53. The monoisotopic (exact) mass is 318 g/mol. The molecule has 6 heteroatoms. The lowest BCUT2D eigenvalue weighted by Gasteiger charge is -2.11. The number of nitrogens with zero attached hydrogens (tertiary/aromatic N) is 1. The summed E-state index contributed by atoms with van der Waals surface area (Å²) in [5.41, 5.74) is 1.43. The van der Waals surface area contributed by atoms with E-state index in [9.17, 15) is 4.79 Å². The Kier molecular flexibility index (Phi) is 5.01. The van der Waals surface area contributed by atoms with E-state index in [0.29, 0.717) is 29.0 Å². The highest BCUT2D eigenvalue weighted by Gasteiger charge is 2.10. The summed E-state index contributed by atoms with van der Waals surface area (Å²) in [6.45, 7) is 0.423. The molecule has 2 aromatic carbocycles. The Hall–Kier alpha value is -2.53. The maximum Gasteiger partial charge on any atom is 0.258 e. The molecular weight excluding hydrogens is 304 g/mol. The summed E-state index contributed by atoms with van der Waals surface area (Å²) in [6.07, 6.45) is 1.37. The van der Waals surface area contributed by atoms with Crippen molar-refractivity contribution < 1.29 is 9.47 Å². The molecular formula is C16H15ClN2O3. The number of benzene rings is 2.